The molecule has 0 aromatic heterocycles. The molecule has 1 saturated carbocycles. The largest absolute Gasteiger partial charge is 0.534 e. The molecule has 138 valence electrons. The van der Waals surface area contributed by atoms with Gasteiger partial charge < -0.3 is 9.08 Å². The molecule has 0 amide bonds. The standard InChI is InChI=1S/C17H20F3NO3S/c1-21-9-12-2-5-15-14-4-3-13(24-25(22,23)17(18,19)20)8-11(14)6-7-16(12,15)10-21/h3-4,8,12,15H,2,5-7,9-10H2,1H3/t12-,15+,16+/m1/s1. The molecule has 3 atom stereocenters. The minimum absolute atomic E-state index is 0.259. The molecule has 1 saturated heterocycles. The Hall–Kier alpha value is -1.28. The van der Waals surface area contributed by atoms with Gasteiger partial charge in [-0.05, 0) is 73.2 Å². The Morgan fingerprint density at radius 1 is 1.28 bits per heavy atom. The van der Waals surface area contributed by atoms with Crippen molar-refractivity contribution in [1.29, 1.82) is 0 Å². The smallest absolute Gasteiger partial charge is 0.376 e. The SMILES string of the molecule is CN1C[C@H]2CC[C@H]3c4ccc(OS(=O)(=O)C(F)(F)F)cc4CC[C@]23C1. The van der Waals surface area contributed by atoms with Crippen LogP contribution in [0.3, 0.4) is 0 Å². The first-order valence-corrected chi connectivity index (χ1v) is 9.85. The molecule has 4 nitrogen and oxygen atoms in total. The number of halogens is 3. The minimum atomic E-state index is -5.62. The first kappa shape index (κ1) is 17.1. The van der Waals surface area contributed by atoms with Crippen molar-refractivity contribution >= 4 is 10.1 Å². The quantitative estimate of drug-likeness (QED) is 0.588. The van der Waals surface area contributed by atoms with E-state index in [1.807, 2.05) is 0 Å². The Kier molecular flexibility index (Phi) is 3.68. The van der Waals surface area contributed by atoms with Crippen molar-refractivity contribution in [3.8, 4) is 5.75 Å². The lowest BCUT2D eigenvalue weighted by atomic mass is 9.63. The molecule has 0 N–H and O–H groups in total. The van der Waals surface area contributed by atoms with Gasteiger partial charge in [0.1, 0.15) is 5.75 Å². The average Bonchev–Trinajstić information content (AvgIpc) is 2.98. The summed E-state index contributed by atoms with van der Waals surface area (Å²) in [7, 11) is -3.49. The molecule has 1 aliphatic heterocycles. The van der Waals surface area contributed by atoms with Crippen molar-refractivity contribution in [2.75, 3.05) is 20.1 Å². The molecule has 0 unspecified atom stereocenters. The van der Waals surface area contributed by atoms with E-state index in [9.17, 15) is 21.6 Å². The molecular formula is C17H20F3NO3S. The normalized spacial score (nSPS) is 32.2. The third kappa shape index (κ3) is 2.56. The Bertz CT molecular complexity index is 808. The van der Waals surface area contributed by atoms with Crippen LogP contribution in [0.2, 0.25) is 0 Å². The number of fused-ring (bicyclic) bond motifs is 2. The van der Waals surface area contributed by atoms with Crippen LogP contribution in [0.25, 0.3) is 0 Å². The highest BCUT2D eigenvalue weighted by Crippen LogP contribution is 2.61. The highest BCUT2D eigenvalue weighted by molar-refractivity contribution is 7.88. The number of likely N-dealkylation sites (tertiary alicyclic amines) is 1. The summed E-state index contributed by atoms with van der Waals surface area (Å²) in [6.45, 7) is 2.17. The molecule has 1 aromatic rings. The van der Waals surface area contributed by atoms with Crippen molar-refractivity contribution in [2.24, 2.45) is 11.3 Å². The average molecular weight is 375 g/mol. The summed E-state index contributed by atoms with van der Waals surface area (Å²) < 4.78 is 64.2. The van der Waals surface area contributed by atoms with Crippen LogP contribution in [0.5, 0.6) is 5.75 Å². The molecule has 4 rings (SSSR count). The Labute approximate surface area is 145 Å². The summed E-state index contributed by atoms with van der Waals surface area (Å²) in [6.07, 6.45) is 4.01. The van der Waals surface area contributed by atoms with Crippen LogP contribution in [-0.2, 0) is 16.5 Å². The fourth-order valence-corrected chi connectivity index (χ4v) is 5.79. The minimum Gasteiger partial charge on any atom is -0.376 e. The van der Waals surface area contributed by atoms with E-state index in [2.05, 4.69) is 16.1 Å². The lowest BCUT2D eigenvalue weighted by molar-refractivity contribution is -0.0500. The lowest BCUT2D eigenvalue weighted by Gasteiger charge is -2.41. The molecule has 2 fully saturated rings. The van der Waals surface area contributed by atoms with Crippen LogP contribution in [0.15, 0.2) is 18.2 Å². The number of rotatable bonds is 2. The van der Waals surface area contributed by atoms with Gasteiger partial charge in [-0.3, -0.25) is 0 Å². The van der Waals surface area contributed by atoms with Crippen molar-refractivity contribution < 1.29 is 25.8 Å². The second kappa shape index (κ2) is 5.36. The number of nitrogens with zero attached hydrogens (tertiary/aromatic N) is 1. The van der Waals surface area contributed by atoms with E-state index in [0.717, 1.165) is 43.5 Å². The monoisotopic (exact) mass is 375 g/mol. The van der Waals surface area contributed by atoms with Gasteiger partial charge >= 0.3 is 15.6 Å². The summed E-state index contributed by atoms with van der Waals surface area (Å²) >= 11 is 0. The number of benzene rings is 1. The molecule has 0 radical (unpaired) electrons. The second-order valence-electron chi connectivity index (χ2n) is 7.60. The summed E-state index contributed by atoms with van der Waals surface area (Å²) in [5.41, 5.74) is -3.08. The second-order valence-corrected chi connectivity index (χ2v) is 9.14. The molecule has 1 aromatic carbocycles. The van der Waals surface area contributed by atoms with Crippen molar-refractivity contribution in [3.05, 3.63) is 29.3 Å². The summed E-state index contributed by atoms with van der Waals surface area (Å²) in [5.74, 6) is 0.821. The van der Waals surface area contributed by atoms with E-state index >= 15 is 0 Å². The Morgan fingerprint density at radius 2 is 2.04 bits per heavy atom. The van der Waals surface area contributed by atoms with Gasteiger partial charge in [-0.25, -0.2) is 0 Å². The maximum absolute atomic E-state index is 12.5. The van der Waals surface area contributed by atoms with E-state index in [1.54, 1.807) is 6.07 Å². The van der Waals surface area contributed by atoms with Gasteiger partial charge in [0.15, 0.2) is 0 Å². The van der Waals surface area contributed by atoms with E-state index in [0.29, 0.717) is 11.8 Å². The zero-order valence-corrected chi connectivity index (χ0v) is 14.7. The summed E-state index contributed by atoms with van der Waals surface area (Å²) in [5, 5.41) is 0. The van der Waals surface area contributed by atoms with Gasteiger partial charge in [-0.2, -0.15) is 21.6 Å². The van der Waals surface area contributed by atoms with Crippen LogP contribution in [0.4, 0.5) is 13.2 Å². The van der Waals surface area contributed by atoms with Gasteiger partial charge in [0.2, 0.25) is 0 Å². The van der Waals surface area contributed by atoms with Crippen molar-refractivity contribution in [3.63, 3.8) is 0 Å². The molecule has 25 heavy (non-hydrogen) atoms. The van der Waals surface area contributed by atoms with Crippen LogP contribution < -0.4 is 4.18 Å². The van der Waals surface area contributed by atoms with Crippen LogP contribution >= 0.6 is 0 Å². The van der Waals surface area contributed by atoms with E-state index < -0.39 is 15.6 Å². The maximum Gasteiger partial charge on any atom is 0.534 e. The molecule has 3 aliphatic rings. The van der Waals surface area contributed by atoms with Crippen LogP contribution in [0, 0.1) is 11.3 Å². The molecular weight excluding hydrogens is 355 g/mol. The van der Waals surface area contributed by atoms with Gasteiger partial charge in [0, 0.05) is 13.1 Å². The van der Waals surface area contributed by atoms with Crippen LogP contribution in [0.1, 0.15) is 36.3 Å². The van der Waals surface area contributed by atoms with E-state index in [-0.39, 0.29) is 11.2 Å². The topological polar surface area (TPSA) is 46.6 Å². The van der Waals surface area contributed by atoms with Crippen molar-refractivity contribution in [1.82, 2.24) is 4.90 Å². The van der Waals surface area contributed by atoms with Gasteiger partial charge in [-0.1, -0.05) is 6.07 Å². The molecule has 8 heteroatoms. The Balaban J connectivity index is 1.64. The summed E-state index contributed by atoms with van der Waals surface area (Å²) in [4.78, 5) is 2.37. The first-order valence-electron chi connectivity index (χ1n) is 8.44. The number of hydrogen-bond acceptors (Lipinski definition) is 4. The zero-order chi connectivity index (χ0) is 18.0. The third-order valence-electron chi connectivity index (χ3n) is 6.25. The predicted molar refractivity (Wildman–Crippen MR) is 85.8 cm³/mol. The van der Waals surface area contributed by atoms with E-state index in [1.165, 1.54) is 18.6 Å². The lowest BCUT2D eigenvalue weighted by Crippen LogP contribution is -2.36. The molecule has 0 bridgehead atoms. The van der Waals surface area contributed by atoms with Gasteiger partial charge in [-0.15, -0.1) is 0 Å². The van der Waals surface area contributed by atoms with Crippen molar-refractivity contribution in [2.45, 2.75) is 37.1 Å². The molecule has 2 aliphatic carbocycles. The Morgan fingerprint density at radius 3 is 2.76 bits per heavy atom. The fraction of sp³-hybridized carbons (Fsp3) is 0.647. The number of alkyl halides is 3. The van der Waals surface area contributed by atoms with E-state index in [4.69, 9.17) is 0 Å². The van der Waals surface area contributed by atoms with Gasteiger partial charge in [0.25, 0.3) is 0 Å². The molecule has 1 spiro atoms. The zero-order valence-electron chi connectivity index (χ0n) is 13.8. The predicted octanol–water partition coefficient (Wildman–Crippen LogP) is 3.29. The summed E-state index contributed by atoms with van der Waals surface area (Å²) in [6, 6.07) is 4.59. The van der Waals surface area contributed by atoms with Gasteiger partial charge in [0.05, 0.1) is 0 Å². The fourth-order valence-electron chi connectivity index (χ4n) is 5.34. The van der Waals surface area contributed by atoms with Crippen LogP contribution in [-0.4, -0.2) is 39.0 Å². The third-order valence-corrected chi connectivity index (χ3v) is 7.23. The number of aryl methyl sites for hydroxylation is 1. The highest BCUT2D eigenvalue weighted by atomic mass is 32.2. The highest BCUT2D eigenvalue weighted by Gasteiger charge is 2.56. The number of hydrogen-bond donors (Lipinski definition) is 0. The maximum atomic E-state index is 12.5. The first-order chi connectivity index (χ1) is 11.6. The molecule has 1 heterocycles.